The van der Waals surface area contributed by atoms with Crippen LogP contribution in [-0.4, -0.2) is 17.3 Å². The van der Waals surface area contributed by atoms with Gasteiger partial charge in [-0.25, -0.2) is 4.39 Å². The zero-order valence-corrected chi connectivity index (χ0v) is 18.0. The second kappa shape index (κ2) is 7.57. The van der Waals surface area contributed by atoms with Gasteiger partial charge < -0.3 is 14.6 Å². The molecule has 0 bridgehead atoms. The highest BCUT2D eigenvalue weighted by molar-refractivity contribution is 7.15. The molecule has 2 unspecified atom stereocenters. The van der Waals surface area contributed by atoms with Crippen LogP contribution in [0, 0.1) is 12.7 Å². The van der Waals surface area contributed by atoms with Gasteiger partial charge in [-0.15, -0.1) is 11.3 Å². The minimum absolute atomic E-state index is 0.0417. The smallest absolute Gasteiger partial charge is 0.198 e. The summed E-state index contributed by atoms with van der Waals surface area (Å²) in [5.41, 5.74) is 5.71. The molecule has 30 heavy (non-hydrogen) atoms. The van der Waals surface area contributed by atoms with E-state index in [9.17, 15) is 9.50 Å². The lowest BCUT2D eigenvalue weighted by Gasteiger charge is -2.39. The average molecular weight is 425 g/mol. The van der Waals surface area contributed by atoms with E-state index in [2.05, 4.69) is 31.2 Å². The van der Waals surface area contributed by atoms with Crippen LogP contribution in [0.2, 0.25) is 0 Å². The maximum atomic E-state index is 13.2. The fourth-order valence-corrected chi connectivity index (χ4v) is 5.68. The van der Waals surface area contributed by atoms with E-state index in [4.69, 9.17) is 9.47 Å². The van der Waals surface area contributed by atoms with Gasteiger partial charge in [0.25, 0.3) is 0 Å². The molecule has 1 fully saturated rings. The van der Waals surface area contributed by atoms with Gasteiger partial charge in [-0.1, -0.05) is 18.2 Å². The summed E-state index contributed by atoms with van der Waals surface area (Å²) in [6.07, 6.45) is 1.47. The van der Waals surface area contributed by atoms with Crippen LogP contribution in [0.25, 0.3) is 10.4 Å². The van der Waals surface area contributed by atoms with Crippen molar-refractivity contribution in [3.05, 3.63) is 81.5 Å². The molecule has 1 N–H and O–H groups in total. The van der Waals surface area contributed by atoms with Crippen LogP contribution in [0.4, 0.5) is 4.39 Å². The first-order valence-corrected chi connectivity index (χ1v) is 11.2. The summed E-state index contributed by atoms with van der Waals surface area (Å²) in [5, 5.41) is 10.3. The summed E-state index contributed by atoms with van der Waals surface area (Å²) in [5.74, 6) is -1.05. The summed E-state index contributed by atoms with van der Waals surface area (Å²) in [6, 6.07) is 15.3. The number of aryl methyl sites for hydroxylation is 1. The molecule has 2 aromatic carbocycles. The van der Waals surface area contributed by atoms with Crippen molar-refractivity contribution in [2.24, 2.45) is 0 Å². The minimum atomic E-state index is -0.830. The number of rotatable bonds is 3. The summed E-state index contributed by atoms with van der Waals surface area (Å²) in [4.78, 5) is 2.39. The molecule has 5 heteroatoms. The molecular formula is C25H25FO3S. The zero-order valence-electron chi connectivity index (χ0n) is 17.2. The van der Waals surface area contributed by atoms with Gasteiger partial charge in [-0.3, -0.25) is 0 Å². The molecule has 0 saturated carbocycles. The number of aliphatic hydroxyl groups excluding tert-OH is 1. The molecule has 0 amide bonds. The van der Waals surface area contributed by atoms with Crippen LogP contribution in [0.15, 0.2) is 48.5 Å². The van der Waals surface area contributed by atoms with Crippen molar-refractivity contribution in [3.8, 4) is 10.4 Å². The Bertz CT molecular complexity index is 1060. The first-order valence-electron chi connectivity index (χ1n) is 10.4. The Hall–Kier alpha value is -2.05. The number of hydrogen-bond acceptors (Lipinski definition) is 4. The number of thiophene rings is 1. The normalized spacial score (nSPS) is 25.6. The standard InChI is InChI=1S/C25H25FO3S/c1-15-9-19-14-28-25(13-21(27)10-16(2)29-25)23(19)12-18(15)11-22-7-8-24(30-22)17-3-5-20(26)6-4-17/h3-9,12,16,21,27H,10-11,13-14H2,1-2H3/t16?,21?,25-/m1/s1. The fourth-order valence-electron chi connectivity index (χ4n) is 4.64. The van der Waals surface area contributed by atoms with Gasteiger partial charge in [0.1, 0.15) is 5.82 Å². The first-order chi connectivity index (χ1) is 14.4. The molecule has 3 aromatic rings. The van der Waals surface area contributed by atoms with Gasteiger partial charge in [0.05, 0.1) is 18.8 Å². The van der Waals surface area contributed by atoms with E-state index < -0.39 is 11.9 Å². The van der Waals surface area contributed by atoms with Gasteiger partial charge in [-0.2, -0.15) is 0 Å². The second-order valence-electron chi connectivity index (χ2n) is 8.45. The third kappa shape index (κ3) is 3.60. The molecule has 1 saturated heterocycles. The predicted molar refractivity (Wildman–Crippen MR) is 116 cm³/mol. The Morgan fingerprint density at radius 1 is 1.17 bits per heavy atom. The molecule has 0 radical (unpaired) electrons. The number of ether oxygens (including phenoxy) is 2. The molecule has 3 atom stereocenters. The van der Waals surface area contributed by atoms with E-state index in [1.54, 1.807) is 11.3 Å². The van der Waals surface area contributed by atoms with Crippen LogP contribution in [-0.2, 0) is 28.3 Å². The van der Waals surface area contributed by atoms with Gasteiger partial charge in [0.2, 0.25) is 0 Å². The maximum Gasteiger partial charge on any atom is 0.198 e. The van der Waals surface area contributed by atoms with Gasteiger partial charge in [0.15, 0.2) is 5.79 Å². The van der Waals surface area contributed by atoms with Crippen molar-refractivity contribution in [2.45, 2.75) is 57.7 Å². The number of hydrogen-bond donors (Lipinski definition) is 1. The SMILES string of the molecule is Cc1cc2c(cc1Cc1ccc(-c3ccc(F)cc3)s1)[C@]1(CC(O)CC(C)O1)OC2. The highest BCUT2D eigenvalue weighted by Crippen LogP contribution is 2.46. The molecule has 0 aliphatic carbocycles. The van der Waals surface area contributed by atoms with E-state index in [-0.39, 0.29) is 11.9 Å². The quantitative estimate of drug-likeness (QED) is 0.586. The van der Waals surface area contributed by atoms with Crippen molar-refractivity contribution >= 4 is 11.3 Å². The molecule has 5 rings (SSSR count). The third-order valence-electron chi connectivity index (χ3n) is 6.09. The monoisotopic (exact) mass is 424 g/mol. The van der Waals surface area contributed by atoms with Crippen molar-refractivity contribution in [3.63, 3.8) is 0 Å². The molecule has 3 heterocycles. The Labute approximate surface area is 180 Å². The Balaban J connectivity index is 1.44. The minimum Gasteiger partial charge on any atom is -0.393 e. The summed E-state index contributed by atoms with van der Waals surface area (Å²) < 4.78 is 25.6. The van der Waals surface area contributed by atoms with Gasteiger partial charge in [0, 0.05) is 28.2 Å². The number of fused-ring (bicyclic) bond motifs is 2. The molecule has 1 spiro atoms. The highest BCUT2D eigenvalue weighted by atomic mass is 32.1. The lowest BCUT2D eigenvalue weighted by Crippen LogP contribution is -2.43. The Kier molecular flexibility index (Phi) is 5.02. The second-order valence-corrected chi connectivity index (χ2v) is 9.62. The lowest BCUT2D eigenvalue weighted by atomic mass is 9.89. The van der Waals surface area contributed by atoms with Crippen LogP contribution in [0.5, 0.6) is 0 Å². The summed E-state index contributed by atoms with van der Waals surface area (Å²) in [6.45, 7) is 4.64. The molecular weight excluding hydrogens is 399 g/mol. The predicted octanol–water partition coefficient (Wildman–Crippen LogP) is 5.70. The lowest BCUT2D eigenvalue weighted by molar-refractivity contribution is -0.295. The van der Waals surface area contributed by atoms with Crippen molar-refractivity contribution < 1.29 is 19.0 Å². The number of aliphatic hydroxyl groups is 1. The molecule has 156 valence electrons. The van der Waals surface area contributed by atoms with Crippen LogP contribution < -0.4 is 0 Å². The maximum absolute atomic E-state index is 13.2. The zero-order chi connectivity index (χ0) is 20.9. The first kappa shape index (κ1) is 19.9. The highest BCUT2D eigenvalue weighted by Gasteiger charge is 2.47. The van der Waals surface area contributed by atoms with Crippen molar-refractivity contribution in [2.75, 3.05) is 0 Å². The Morgan fingerprint density at radius 3 is 2.73 bits per heavy atom. The fraction of sp³-hybridized carbons (Fsp3) is 0.360. The largest absolute Gasteiger partial charge is 0.393 e. The Morgan fingerprint density at radius 2 is 1.97 bits per heavy atom. The summed E-state index contributed by atoms with van der Waals surface area (Å²) >= 11 is 1.73. The van der Waals surface area contributed by atoms with Crippen LogP contribution in [0.1, 0.15) is 46.9 Å². The molecule has 3 nitrogen and oxygen atoms in total. The van der Waals surface area contributed by atoms with E-state index in [0.29, 0.717) is 19.4 Å². The number of halogens is 1. The molecule has 1 aromatic heterocycles. The van der Waals surface area contributed by atoms with E-state index >= 15 is 0 Å². The van der Waals surface area contributed by atoms with E-state index in [0.717, 1.165) is 28.0 Å². The molecule has 2 aliphatic heterocycles. The number of benzene rings is 2. The van der Waals surface area contributed by atoms with E-state index in [1.165, 1.54) is 28.1 Å². The van der Waals surface area contributed by atoms with Crippen LogP contribution in [0.3, 0.4) is 0 Å². The van der Waals surface area contributed by atoms with Gasteiger partial charge >= 0.3 is 0 Å². The van der Waals surface area contributed by atoms with Crippen molar-refractivity contribution in [1.82, 2.24) is 0 Å². The topological polar surface area (TPSA) is 38.7 Å². The van der Waals surface area contributed by atoms with Crippen molar-refractivity contribution in [1.29, 1.82) is 0 Å². The van der Waals surface area contributed by atoms with Gasteiger partial charge in [-0.05, 0) is 72.9 Å². The van der Waals surface area contributed by atoms with E-state index in [1.807, 2.05) is 19.1 Å². The molecule has 2 aliphatic rings. The third-order valence-corrected chi connectivity index (χ3v) is 7.22. The van der Waals surface area contributed by atoms with Crippen LogP contribution >= 0.6 is 11.3 Å². The summed E-state index contributed by atoms with van der Waals surface area (Å²) in [7, 11) is 0. The average Bonchev–Trinajstić information content (AvgIpc) is 3.28.